The monoisotopic (exact) mass is 671 g/mol. The zero-order chi connectivity index (χ0) is 32.2. The van der Waals surface area contributed by atoms with Crippen LogP contribution in [-0.4, -0.2) is 39.2 Å². The van der Waals surface area contributed by atoms with Crippen molar-refractivity contribution in [2.75, 3.05) is 17.6 Å². The number of carbonyl (C=O) groups is 2. The van der Waals surface area contributed by atoms with Crippen LogP contribution in [0.5, 0.6) is 0 Å². The Bertz CT molecular complexity index is 1600. The average Bonchev–Trinajstić information content (AvgIpc) is 2.92. The van der Waals surface area contributed by atoms with Crippen LogP contribution < -0.4 is 15.8 Å². The number of ketones is 1. The molecule has 1 atom stereocenters. The highest BCUT2D eigenvalue weighted by molar-refractivity contribution is 7.89. The summed E-state index contributed by atoms with van der Waals surface area (Å²) in [5.74, 6) is -1.99. The van der Waals surface area contributed by atoms with Crippen LogP contribution in [0, 0.1) is 0 Å². The van der Waals surface area contributed by atoms with Gasteiger partial charge in [0.25, 0.3) is 5.78 Å². The summed E-state index contributed by atoms with van der Waals surface area (Å²) in [6, 6.07) is 14.5. The van der Waals surface area contributed by atoms with Crippen LogP contribution in [0.2, 0.25) is 10.0 Å². The number of Topliss-reactive ketones (excluding diaryl/α,β-unsaturated/α-hetero) is 1. The van der Waals surface area contributed by atoms with Crippen molar-refractivity contribution in [1.29, 1.82) is 0 Å². The highest BCUT2D eigenvalue weighted by Gasteiger charge is 2.61. The van der Waals surface area contributed by atoms with Gasteiger partial charge in [0.05, 0.1) is 16.1 Å². The fourth-order valence-corrected chi connectivity index (χ4v) is 5.39. The predicted molar refractivity (Wildman–Crippen MR) is 146 cm³/mol. The second kappa shape index (κ2) is 13.0. The summed E-state index contributed by atoms with van der Waals surface area (Å²) in [6.07, 6.45) is -12.1. The maximum atomic E-state index is 14.0. The van der Waals surface area contributed by atoms with E-state index in [1.165, 1.54) is 42.5 Å². The standard InChI is InChI=1S/C18H16ClF3N2O4S.C8H5ClF3NO/c19-12-7-8-15-14(11-12)17(18(20,21)22,28-16(25)24-15)9-4-10-23-29(26,27)13-5-2-1-3-6-13;9-4-1-2-6(13)5(3-4)7(14)8(10,11)12/h1-3,5-8,11,23H,4,9-10H2,(H,24,25);1-3H,13H2. The van der Waals surface area contributed by atoms with E-state index >= 15 is 0 Å². The van der Waals surface area contributed by atoms with Crippen LogP contribution >= 0.6 is 23.2 Å². The molecule has 0 radical (unpaired) electrons. The van der Waals surface area contributed by atoms with Crippen molar-refractivity contribution in [3.63, 3.8) is 0 Å². The summed E-state index contributed by atoms with van der Waals surface area (Å²) >= 11 is 11.3. The fourth-order valence-electron chi connectivity index (χ4n) is 3.95. The molecule has 1 aliphatic heterocycles. The topological polar surface area (TPSA) is 128 Å². The Morgan fingerprint density at radius 1 is 0.953 bits per heavy atom. The fraction of sp³-hybridized carbons (Fsp3) is 0.231. The van der Waals surface area contributed by atoms with E-state index in [9.17, 15) is 44.3 Å². The maximum absolute atomic E-state index is 14.0. The largest absolute Gasteiger partial charge is 0.454 e. The van der Waals surface area contributed by atoms with E-state index < -0.39 is 51.8 Å². The number of nitrogens with two attached hydrogens (primary N) is 1. The number of fused-ring (bicyclic) bond motifs is 1. The molecule has 0 aliphatic carbocycles. The molecule has 4 rings (SSSR count). The van der Waals surface area contributed by atoms with Gasteiger partial charge in [0, 0.05) is 34.3 Å². The van der Waals surface area contributed by atoms with Crippen LogP contribution in [0.4, 0.5) is 42.5 Å². The number of ether oxygens (including phenoxy) is 1. The van der Waals surface area contributed by atoms with E-state index in [4.69, 9.17) is 33.7 Å². The van der Waals surface area contributed by atoms with Gasteiger partial charge in [-0.1, -0.05) is 41.4 Å². The Morgan fingerprint density at radius 2 is 1.56 bits per heavy atom. The number of nitrogen functional groups attached to an aromatic ring is 1. The van der Waals surface area contributed by atoms with Crippen LogP contribution in [-0.2, 0) is 20.4 Å². The molecule has 0 saturated carbocycles. The summed E-state index contributed by atoms with van der Waals surface area (Å²) in [4.78, 5) is 22.5. The summed E-state index contributed by atoms with van der Waals surface area (Å²) in [6.45, 7) is -0.282. The van der Waals surface area contributed by atoms with Gasteiger partial charge >= 0.3 is 18.4 Å². The van der Waals surface area contributed by atoms with E-state index in [1.54, 1.807) is 6.07 Å². The molecule has 0 bridgehead atoms. The molecule has 0 saturated heterocycles. The summed E-state index contributed by atoms with van der Waals surface area (Å²) in [5, 5.41) is 2.30. The molecule has 3 aromatic carbocycles. The molecule has 43 heavy (non-hydrogen) atoms. The molecule has 1 unspecified atom stereocenters. The van der Waals surface area contributed by atoms with Crippen LogP contribution in [0.15, 0.2) is 71.6 Å². The second-order valence-corrected chi connectivity index (χ2v) is 11.5. The highest BCUT2D eigenvalue weighted by Crippen LogP contribution is 2.50. The van der Waals surface area contributed by atoms with Crippen molar-refractivity contribution in [3.05, 3.63) is 87.9 Å². The Balaban J connectivity index is 0.000000303. The normalized spacial score (nSPS) is 16.7. The number of amides is 1. The molecule has 4 N–H and O–H groups in total. The summed E-state index contributed by atoms with van der Waals surface area (Å²) in [5.41, 5.74) is 1.02. The minimum atomic E-state index is -4.94. The SMILES string of the molecule is Nc1ccc(Cl)cc1C(=O)C(F)(F)F.O=C1Nc2ccc(Cl)cc2C(CCCNS(=O)(=O)c2ccccc2)(C(F)(F)F)O1. The van der Waals surface area contributed by atoms with Crippen LogP contribution in [0.25, 0.3) is 0 Å². The van der Waals surface area contributed by atoms with Gasteiger partial charge in [0.15, 0.2) is 0 Å². The first kappa shape index (κ1) is 34.0. The first-order valence-corrected chi connectivity index (χ1v) is 14.2. The molecule has 8 nitrogen and oxygen atoms in total. The minimum absolute atomic E-state index is 0.00374. The van der Waals surface area contributed by atoms with Gasteiger partial charge in [-0.15, -0.1) is 0 Å². The Hall–Kier alpha value is -3.53. The van der Waals surface area contributed by atoms with E-state index in [0.717, 1.165) is 18.2 Å². The maximum Gasteiger partial charge on any atom is 0.454 e. The molecule has 17 heteroatoms. The number of hydrogen-bond acceptors (Lipinski definition) is 6. The zero-order valence-electron chi connectivity index (χ0n) is 21.5. The van der Waals surface area contributed by atoms with Gasteiger partial charge in [0.2, 0.25) is 15.6 Å². The number of hydrogen-bond donors (Lipinski definition) is 3. The number of benzene rings is 3. The summed E-state index contributed by atoms with van der Waals surface area (Å²) < 4.78 is 109. The quantitative estimate of drug-likeness (QED) is 0.107. The number of anilines is 2. The molecule has 0 fully saturated rings. The Kier molecular flexibility index (Phi) is 10.3. The summed E-state index contributed by atoms with van der Waals surface area (Å²) in [7, 11) is -3.87. The second-order valence-electron chi connectivity index (χ2n) is 8.90. The number of halogens is 8. The molecule has 1 amide bonds. The van der Waals surface area contributed by atoms with Crippen molar-refractivity contribution in [2.24, 2.45) is 0 Å². The predicted octanol–water partition coefficient (Wildman–Crippen LogP) is 7.09. The lowest BCUT2D eigenvalue weighted by Gasteiger charge is -2.39. The van der Waals surface area contributed by atoms with E-state index in [2.05, 4.69) is 10.0 Å². The van der Waals surface area contributed by atoms with Crippen molar-refractivity contribution >= 4 is 56.5 Å². The van der Waals surface area contributed by atoms with Gasteiger partial charge in [-0.05, 0) is 55.0 Å². The van der Waals surface area contributed by atoms with Crippen LogP contribution in [0.1, 0.15) is 28.8 Å². The molecule has 3 aromatic rings. The smallest absolute Gasteiger partial charge is 0.428 e. The van der Waals surface area contributed by atoms with Gasteiger partial charge in [-0.25, -0.2) is 17.9 Å². The molecular weight excluding hydrogens is 651 g/mol. The number of alkyl halides is 6. The molecule has 0 spiro atoms. The average molecular weight is 672 g/mol. The first-order chi connectivity index (χ1) is 19.9. The van der Waals surface area contributed by atoms with Gasteiger partial charge in [-0.2, -0.15) is 26.3 Å². The lowest BCUT2D eigenvalue weighted by atomic mass is 9.86. The third kappa shape index (κ3) is 8.10. The third-order valence-corrected chi connectivity index (χ3v) is 7.89. The zero-order valence-corrected chi connectivity index (χ0v) is 23.9. The number of rotatable bonds is 7. The van der Waals surface area contributed by atoms with Crippen molar-refractivity contribution in [3.8, 4) is 0 Å². The first-order valence-electron chi connectivity index (χ1n) is 12.0. The molecule has 232 valence electrons. The van der Waals surface area contributed by atoms with E-state index in [0.29, 0.717) is 0 Å². The highest BCUT2D eigenvalue weighted by atomic mass is 35.5. The lowest BCUT2D eigenvalue weighted by Crippen LogP contribution is -2.50. The van der Waals surface area contributed by atoms with Crippen molar-refractivity contribution < 1.29 is 49.1 Å². The van der Waals surface area contributed by atoms with Crippen molar-refractivity contribution in [1.82, 2.24) is 4.72 Å². The number of nitrogens with one attached hydrogen (secondary N) is 2. The van der Waals surface area contributed by atoms with Gasteiger partial charge < -0.3 is 10.5 Å². The third-order valence-electron chi connectivity index (χ3n) is 5.95. The van der Waals surface area contributed by atoms with Gasteiger partial charge in [0.1, 0.15) is 0 Å². The minimum Gasteiger partial charge on any atom is -0.428 e. The molecular formula is C26H21Cl2F6N3O5S. The molecule has 1 heterocycles. The van der Waals surface area contributed by atoms with E-state index in [1.807, 2.05) is 0 Å². The Morgan fingerprint density at radius 3 is 2.16 bits per heavy atom. The van der Waals surface area contributed by atoms with E-state index in [-0.39, 0.29) is 44.8 Å². The molecule has 0 aromatic heterocycles. The number of cyclic esters (lactones) is 1. The lowest BCUT2D eigenvalue weighted by molar-refractivity contribution is -0.267. The van der Waals surface area contributed by atoms with Gasteiger partial charge in [-0.3, -0.25) is 10.1 Å². The van der Waals surface area contributed by atoms with Crippen LogP contribution in [0.3, 0.4) is 0 Å². The van der Waals surface area contributed by atoms with Crippen molar-refractivity contribution in [2.45, 2.75) is 35.7 Å². The molecule has 1 aliphatic rings. The Labute approximate surface area is 251 Å². The number of carbonyl (C=O) groups excluding carboxylic acids is 2. The number of sulfonamides is 1.